The second kappa shape index (κ2) is 8.49. The summed E-state index contributed by atoms with van der Waals surface area (Å²) in [6, 6.07) is 7.99. The molecular formula is C23H31N3O3. The molecule has 1 aliphatic rings. The van der Waals surface area contributed by atoms with Gasteiger partial charge in [-0.2, -0.15) is 0 Å². The van der Waals surface area contributed by atoms with Crippen molar-refractivity contribution in [3.63, 3.8) is 0 Å². The van der Waals surface area contributed by atoms with Gasteiger partial charge in [-0.25, -0.2) is 14.8 Å². The molecule has 0 aliphatic carbocycles. The number of nitrogens with zero attached hydrogens (tertiary/aromatic N) is 3. The predicted octanol–water partition coefficient (Wildman–Crippen LogP) is 4.69. The average molecular weight is 398 g/mol. The highest BCUT2D eigenvalue weighted by Crippen LogP contribution is 2.35. The van der Waals surface area contributed by atoms with Crippen LogP contribution in [0.2, 0.25) is 0 Å². The summed E-state index contributed by atoms with van der Waals surface area (Å²) < 4.78 is 5.94. The molecule has 1 atom stereocenters. The molecule has 29 heavy (non-hydrogen) atoms. The van der Waals surface area contributed by atoms with Crippen molar-refractivity contribution in [2.45, 2.75) is 65.6 Å². The van der Waals surface area contributed by atoms with E-state index >= 15 is 0 Å². The molecule has 0 saturated carbocycles. The minimum Gasteiger partial charge on any atom is -0.479 e. The maximum Gasteiger partial charge on any atom is 0.337 e. The molecule has 2 heterocycles. The SMILES string of the molecule is Cc1ccc(-c2nc(N3CCCCC3)nc(C)c2C(OC(C)(C)C)C(=O)O)cc1. The Hall–Kier alpha value is -2.47. The summed E-state index contributed by atoms with van der Waals surface area (Å²) in [6.07, 6.45) is 2.32. The number of ether oxygens (including phenoxy) is 1. The number of aryl methyl sites for hydroxylation is 2. The molecule has 156 valence electrons. The van der Waals surface area contributed by atoms with E-state index in [-0.39, 0.29) is 0 Å². The Morgan fingerprint density at radius 3 is 2.24 bits per heavy atom. The Labute approximate surface area is 172 Å². The van der Waals surface area contributed by atoms with Crippen molar-refractivity contribution in [2.75, 3.05) is 18.0 Å². The van der Waals surface area contributed by atoms with Crippen molar-refractivity contribution in [1.29, 1.82) is 0 Å². The predicted molar refractivity (Wildman–Crippen MR) is 114 cm³/mol. The number of anilines is 1. The lowest BCUT2D eigenvalue weighted by molar-refractivity contribution is -0.160. The lowest BCUT2D eigenvalue weighted by Gasteiger charge is -2.30. The van der Waals surface area contributed by atoms with E-state index in [1.54, 1.807) is 0 Å². The molecule has 1 fully saturated rings. The number of aromatic nitrogens is 2. The first-order valence-corrected chi connectivity index (χ1v) is 10.3. The number of rotatable bonds is 5. The van der Waals surface area contributed by atoms with Gasteiger partial charge in [-0.05, 0) is 53.9 Å². The second-order valence-corrected chi connectivity index (χ2v) is 8.73. The minimum atomic E-state index is -1.14. The molecule has 1 N–H and O–H groups in total. The monoisotopic (exact) mass is 397 g/mol. The maximum absolute atomic E-state index is 12.2. The summed E-state index contributed by atoms with van der Waals surface area (Å²) in [5, 5.41) is 9.96. The molecule has 6 heteroatoms. The van der Waals surface area contributed by atoms with Gasteiger partial charge in [0.1, 0.15) is 0 Å². The van der Waals surface area contributed by atoms with Gasteiger partial charge >= 0.3 is 5.97 Å². The van der Waals surface area contributed by atoms with E-state index in [1.165, 1.54) is 6.42 Å². The zero-order chi connectivity index (χ0) is 21.2. The number of carboxylic acid groups (broad SMARTS) is 1. The summed E-state index contributed by atoms with van der Waals surface area (Å²) in [7, 11) is 0. The highest BCUT2D eigenvalue weighted by molar-refractivity contribution is 5.79. The molecule has 2 aromatic rings. The number of carboxylic acids is 1. The lowest BCUT2D eigenvalue weighted by Crippen LogP contribution is -2.32. The van der Waals surface area contributed by atoms with Gasteiger partial charge < -0.3 is 14.7 Å². The van der Waals surface area contributed by atoms with Crippen molar-refractivity contribution in [2.24, 2.45) is 0 Å². The normalized spacial score (nSPS) is 16.0. The zero-order valence-electron chi connectivity index (χ0n) is 18.0. The fraction of sp³-hybridized carbons (Fsp3) is 0.522. The van der Waals surface area contributed by atoms with Crippen molar-refractivity contribution >= 4 is 11.9 Å². The molecule has 1 aromatic carbocycles. The fourth-order valence-corrected chi connectivity index (χ4v) is 3.63. The van der Waals surface area contributed by atoms with Crippen LogP contribution in [0.15, 0.2) is 24.3 Å². The van der Waals surface area contributed by atoms with Crippen molar-refractivity contribution < 1.29 is 14.6 Å². The van der Waals surface area contributed by atoms with Crippen LogP contribution in [-0.4, -0.2) is 39.7 Å². The highest BCUT2D eigenvalue weighted by Gasteiger charge is 2.32. The Balaban J connectivity index is 2.17. The van der Waals surface area contributed by atoms with E-state index in [1.807, 2.05) is 58.9 Å². The molecule has 0 radical (unpaired) electrons. The molecule has 0 bridgehead atoms. The average Bonchev–Trinajstić information content (AvgIpc) is 2.66. The summed E-state index contributed by atoms with van der Waals surface area (Å²) in [5.74, 6) is -0.368. The third kappa shape index (κ3) is 5.12. The van der Waals surface area contributed by atoms with E-state index in [0.717, 1.165) is 37.1 Å². The van der Waals surface area contributed by atoms with Crippen molar-refractivity contribution in [1.82, 2.24) is 9.97 Å². The molecule has 1 unspecified atom stereocenters. The van der Waals surface area contributed by atoms with E-state index in [4.69, 9.17) is 14.7 Å². The van der Waals surface area contributed by atoms with E-state index in [0.29, 0.717) is 22.9 Å². The molecule has 0 spiro atoms. The van der Waals surface area contributed by atoms with E-state index in [2.05, 4.69) is 4.90 Å². The largest absolute Gasteiger partial charge is 0.479 e. The van der Waals surface area contributed by atoms with E-state index < -0.39 is 17.7 Å². The van der Waals surface area contributed by atoms with Crippen LogP contribution in [0.25, 0.3) is 11.3 Å². The molecule has 1 saturated heterocycles. The molecule has 1 aromatic heterocycles. The first-order valence-electron chi connectivity index (χ1n) is 10.3. The number of benzene rings is 1. The zero-order valence-corrected chi connectivity index (χ0v) is 18.0. The van der Waals surface area contributed by atoms with Crippen molar-refractivity contribution in [3.8, 4) is 11.3 Å². The van der Waals surface area contributed by atoms with Gasteiger partial charge in [-0.15, -0.1) is 0 Å². The maximum atomic E-state index is 12.2. The van der Waals surface area contributed by atoms with Gasteiger partial charge in [0.15, 0.2) is 6.10 Å². The van der Waals surface area contributed by atoms with Crippen LogP contribution in [-0.2, 0) is 9.53 Å². The van der Waals surface area contributed by atoms with E-state index in [9.17, 15) is 9.90 Å². The molecule has 3 rings (SSSR count). The smallest absolute Gasteiger partial charge is 0.337 e. The van der Waals surface area contributed by atoms with Gasteiger partial charge in [-0.3, -0.25) is 0 Å². The van der Waals surface area contributed by atoms with Crippen molar-refractivity contribution in [3.05, 3.63) is 41.1 Å². The quantitative estimate of drug-likeness (QED) is 0.789. The van der Waals surface area contributed by atoms with Gasteiger partial charge in [0.05, 0.1) is 11.3 Å². The summed E-state index contributed by atoms with van der Waals surface area (Å²) in [6.45, 7) is 11.3. The first kappa shape index (κ1) is 21.2. The molecule has 1 aliphatic heterocycles. The highest BCUT2D eigenvalue weighted by atomic mass is 16.5. The van der Waals surface area contributed by atoms with Crippen LogP contribution < -0.4 is 4.90 Å². The standard InChI is InChI=1S/C23H31N3O3/c1-15-9-11-17(12-10-15)19-18(20(21(27)28)29-23(3,4)5)16(2)24-22(25-19)26-13-7-6-8-14-26/h9-12,20H,6-8,13-14H2,1-5H3,(H,27,28). The topological polar surface area (TPSA) is 75.5 Å². The summed E-state index contributed by atoms with van der Waals surface area (Å²) >= 11 is 0. The van der Waals surface area contributed by atoms with Crippen LogP contribution in [0.3, 0.4) is 0 Å². The van der Waals surface area contributed by atoms with Gasteiger partial charge in [0.25, 0.3) is 0 Å². The van der Waals surface area contributed by atoms with Gasteiger partial charge in [0, 0.05) is 29.9 Å². The number of aliphatic carboxylic acids is 1. The van der Waals surface area contributed by atoms with Crippen LogP contribution >= 0.6 is 0 Å². The van der Waals surface area contributed by atoms with Crippen LogP contribution in [0, 0.1) is 13.8 Å². The Morgan fingerprint density at radius 2 is 1.69 bits per heavy atom. The summed E-state index contributed by atoms with van der Waals surface area (Å²) in [5.41, 5.74) is 3.20. The first-order chi connectivity index (χ1) is 13.7. The lowest BCUT2D eigenvalue weighted by atomic mass is 9.98. The van der Waals surface area contributed by atoms with Crippen LogP contribution in [0.1, 0.15) is 63.0 Å². The number of piperidine rings is 1. The van der Waals surface area contributed by atoms with Gasteiger partial charge in [-0.1, -0.05) is 29.8 Å². The number of hydrogen-bond acceptors (Lipinski definition) is 5. The number of hydrogen-bond donors (Lipinski definition) is 1. The molecular weight excluding hydrogens is 366 g/mol. The Bertz CT molecular complexity index is 866. The number of carbonyl (C=O) groups is 1. The van der Waals surface area contributed by atoms with Crippen LogP contribution in [0.5, 0.6) is 0 Å². The second-order valence-electron chi connectivity index (χ2n) is 8.73. The Morgan fingerprint density at radius 1 is 1.07 bits per heavy atom. The minimum absolute atomic E-state index is 0.525. The molecule has 6 nitrogen and oxygen atoms in total. The third-order valence-electron chi connectivity index (χ3n) is 5.05. The van der Waals surface area contributed by atoms with Crippen LogP contribution in [0.4, 0.5) is 5.95 Å². The third-order valence-corrected chi connectivity index (χ3v) is 5.05. The fourth-order valence-electron chi connectivity index (χ4n) is 3.63. The van der Waals surface area contributed by atoms with Gasteiger partial charge in [0.2, 0.25) is 5.95 Å². The molecule has 0 amide bonds. The Kier molecular flexibility index (Phi) is 6.22. The summed E-state index contributed by atoms with van der Waals surface area (Å²) in [4.78, 5) is 23.9.